The highest BCUT2D eigenvalue weighted by atomic mass is 17.3. The van der Waals surface area contributed by atoms with Crippen LogP contribution in [0.1, 0.15) is 125 Å². The van der Waals surface area contributed by atoms with Gasteiger partial charge in [-0.15, -0.1) is 0 Å². The summed E-state index contributed by atoms with van der Waals surface area (Å²) >= 11 is 0. The Morgan fingerprint density at radius 3 is 2.45 bits per heavy atom. The fraction of sp³-hybridized carbons (Fsp3) is 0.974. The predicted molar refractivity (Wildman–Crippen MR) is 171 cm³/mol. The highest BCUT2D eigenvalue weighted by Crippen LogP contribution is 2.68. The fourth-order valence-corrected chi connectivity index (χ4v) is 13.6. The van der Waals surface area contributed by atoms with Crippen LogP contribution in [0.5, 0.6) is 0 Å². The van der Waals surface area contributed by atoms with Gasteiger partial charge in [-0.3, -0.25) is 4.79 Å². The van der Waals surface area contributed by atoms with Crippen LogP contribution in [-0.4, -0.2) is 63.6 Å². The number of carboxylic acid groups (broad SMARTS) is 1. The van der Waals surface area contributed by atoms with Crippen LogP contribution in [0.25, 0.3) is 0 Å². The molecule has 2 bridgehead atoms. The molecule has 0 aromatic heterocycles. The molecule has 1 spiro atoms. The van der Waals surface area contributed by atoms with Gasteiger partial charge >= 0.3 is 5.97 Å². The summed E-state index contributed by atoms with van der Waals surface area (Å²) in [6, 6.07) is 0. The third-order valence-electron chi connectivity index (χ3n) is 16.3. The van der Waals surface area contributed by atoms with Crippen LogP contribution in [0.3, 0.4) is 0 Å². The third kappa shape index (κ3) is 4.90. The van der Waals surface area contributed by atoms with Crippen molar-refractivity contribution in [3.8, 4) is 0 Å². The molecule has 4 aliphatic heterocycles. The molecule has 0 aromatic rings. The number of carbonyl (C=O) groups is 1. The van der Waals surface area contributed by atoms with Gasteiger partial charge in [-0.25, -0.2) is 9.78 Å². The molecule has 0 amide bonds. The summed E-state index contributed by atoms with van der Waals surface area (Å²) in [6.07, 6.45) is 10.5. The summed E-state index contributed by atoms with van der Waals surface area (Å²) in [5.41, 5.74) is -0.795. The molecular formula is C38H60O9. The van der Waals surface area contributed by atoms with E-state index in [9.17, 15) is 20.1 Å². The molecule has 266 valence electrons. The van der Waals surface area contributed by atoms with Gasteiger partial charge in [-0.05, 0) is 136 Å². The van der Waals surface area contributed by atoms with Crippen molar-refractivity contribution in [3.05, 3.63) is 0 Å². The van der Waals surface area contributed by atoms with Crippen LogP contribution < -0.4 is 0 Å². The zero-order chi connectivity index (χ0) is 33.1. The third-order valence-corrected chi connectivity index (χ3v) is 16.3. The lowest BCUT2D eigenvalue weighted by Crippen LogP contribution is -2.70. The van der Waals surface area contributed by atoms with E-state index >= 15 is 0 Å². The molecule has 9 aliphatic rings. The number of ether oxygens (including phenoxy) is 3. The van der Waals surface area contributed by atoms with Crippen molar-refractivity contribution in [3.63, 3.8) is 0 Å². The number of aliphatic hydroxyl groups is 2. The molecule has 9 heteroatoms. The molecular weight excluding hydrogens is 600 g/mol. The molecule has 0 aromatic carbocycles. The molecule has 4 saturated heterocycles. The smallest absolute Gasteiger partial charge is 0.303 e. The van der Waals surface area contributed by atoms with E-state index in [4.69, 9.17) is 24.0 Å². The molecule has 8 unspecified atom stereocenters. The first kappa shape index (κ1) is 33.3. The summed E-state index contributed by atoms with van der Waals surface area (Å²) in [4.78, 5) is 23.5. The van der Waals surface area contributed by atoms with E-state index in [0.29, 0.717) is 30.1 Å². The van der Waals surface area contributed by atoms with Crippen LogP contribution in [0, 0.1) is 64.1 Å². The summed E-state index contributed by atoms with van der Waals surface area (Å²) in [6.45, 7) is 11.2. The van der Waals surface area contributed by atoms with Crippen molar-refractivity contribution in [1.82, 2.24) is 0 Å². The minimum atomic E-state index is -0.803. The molecule has 47 heavy (non-hydrogen) atoms. The highest BCUT2D eigenvalue weighted by Gasteiger charge is 2.70. The monoisotopic (exact) mass is 660 g/mol. The van der Waals surface area contributed by atoms with Crippen molar-refractivity contribution in [1.29, 1.82) is 0 Å². The zero-order valence-corrected chi connectivity index (χ0v) is 29.3. The van der Waals surface area contributed by atoms with Gasteiger partial charge in [0.1, 0.15) is 0 Å². The minimum Gasteiger partial charge on any atom is -0.481 e. The Labute approximate surface area is 280 Å². The Morgan fingerprint density at radius 1 is 0.872 bits per heavy atom. The average molecular weight is 661 g/mol. The number of hydrogen-bond donors (Lipinski definition) is 3. The Hall–Kier alpha value is -0.810. The van der Waals surface area contributed by atoms with Gasteiger partial charge in [-0.1, -0.05) is 27.7 Å². The first-order valence-electron chi connectivity index (χ1n) is 19.2. The van der Waals surface area contributed by atoms with Crippen molar-refractivity contribution in [2.24, 2.45) is 64.1 Å². The number of rotatable bonds is 6. The van der Waals surface area contributed by atoms with Crippen molar-refractivity contribution < 1.29 is 44.1 Å². The number of carboxylic acids is 1. The maximum absolute atomic E-state index is 11.9. The largest absolute Gasteiger partial charge is 0.481 e. The van der Waals surface area contributed by atoms with Gasteiger partial charge in [0.05, 0.1) is 18.3 Å². The van der Waals surface area contributed by atoms with E-state index in [1.54, 1.807) is 0 Å². The second kappa shape index (κ2) is 11.6. The Morgan fingerprint density at radius 2 is 1.66 bits per heavy atom. The van der Waals surface area contributed by atoms with E-state index in [1.165, 1.54) is 6.42 Å². The molecule has 4 heterocycles. The number of hydrogen-bond acceptors (Lipinski definition) is 8. The molecule has 0 radical (unpaired) electrons. The van der Waals surface area contributed by atoms with Gasteiger partial charge in [0.15, 0.2) is 18.2 Å². The maximum atomic E-state index is 11.9. The molecule has 18 atom stereocenters. The predicted octanol–water partition coefficient (Wildman–Crippen LogP) is 6.44. The Bertz CT molecular complexity index is 1210. The van der Waals surface area contributed by atoms with Crippen LogP contribution in [-0.2, 0) is 28.8 Å². The van der Waals surface area contributed by atoms with Gasteiger partial charge in [0.2, 0.25) is 5.79 Å². The van der Waals surface area contributed by atoms with E-state index in [-0.39, 0.29) is 65.3 Å². The summed E-state index contributed by atoms with van der Waals surface area (Å²) in [5, 5.41) is 32.9. The average Bonchev–Trinajstić information content (AvgIpc) is 3.19. The van der Waals surface area contributed by atoms with Crippen molar-refractivity contribution >= 4 is 5.97 Å². The number of aliphatic hydroxyl groups excluding tert-OH is 2. The van der Waals surface area contributed by atoms with E-state index in [1.807, 2.05) is 6.92 Å². The lowest BCUT2D eigenvalue weighted by atomic mass is 9.43. The molecule has 5 aliphatic carbocycles. The van der Waals surface area contributed by atoms with Crippen LogP contribution in [0.4, 0.5) is 0 Å². The summed E-state index contributed by atoms with van der Waals surface area (Å²) in [7, 11) is 0. The zero-order valence-electron chi connectivity index (χ0n) is 29.3. The van der Waals surface area contributed by atoms with E-state index in [0.717, 1.165) is 70.6 Å². The van der Waals surface area contributed by atoms with Gasteiger partial charge in [0.25, 0.3) is 0 Å². The molecule has 9 rings (SSSR count). The molecule has 5 saturated carbocycles. The molecule has 9 fully saturated rings. The first-order valence-corrected chi connectivity index (χ1v) is 19.2. The van der Waals surface area contributed by atoms with E-state index in [2.05, 4.69) is 27.7 Å². The van der Waals surface area contributed by atoms with Crippen LogP contribution in [0.15, 0.2) is 0 Å². The lowest BCUT2D eigenvalue weighted by Gasteiger charge is -2.64. The number of aliphatic carboxylic acids is 1. The Balaban J connectivity index is 0.970. The second-order valence-electron chi connectivity index (χ2n) is 18.3. The van der Waals surface area contributed by atoms with Crippen LogP contribution in [0.2, 0.25) is 0 Å². The molecule has 9 nitrogen and oxygen atoms in total. The normalized spacial score (nSPS) is 58.1. The summed E-state index contributed by atoms with van der Waals surface area (Å²) < 4.78 is 20.3. The highest BCUT2D eigenvalue weighted by molar-refractivity contribution is 5.66. The van der Waals surface area contributed by atoms with Crippen molar-refractivity contribution in [2.45, 2.75) is 167 Å². The molecule has 3 N–H and O–H groups in total. The van der Waals surface area contributed by atoms with Crippen LogP contribution >= 0.6 is 0 Å². The van der Waals surface area contributed by atoms with Gasteiger partial charge in [-0.2, -0.15) is 0 Å². The second-order valence-corrected chi connectivity index (χ2v) is 18.3. The van der Waals surface area contributed by atoms with Gasteiger partial charge < -0.3 is 29.5 Å². The fourth-order valence-electron chi connectivity index (χ4n) is 13.6. The lowest BCUT2D eigenvalue weighted by molar-refractivity contribution is -0.578. The summed E-state index contributed by atoms with van der Waals surface area (Å²) in [5.74, 6) is 1.08. The minimum absolute atomic E-state index is 0.0482. The topological polar surface area (TPSA) is 124 Å². The quantitative estimate of drug-likeness (QED) is 0.218. The van der Waals surface area contributed by atoms with E-state index < -0.39 is 29.8 Å². The number of fused-ring (bicyclic) bond motifs is 7. The standard InChI is InChI=1S/C38H60O9/c1-20-9-11-26-21(2)33(44-34-38(26)25(20)14-16-36(4,45-34)46-47-38)43-24-13-15-35(3)23(17-24)18-29(39)32-27-12-10-22(7-6-8-31(41)42)37(27,5)30(40)19-28(32)35/h20-30,32-34,39-40H,6-19H2,1-5H3,(H,41,42)/t20-,21-,22+,23?,24-,25?,26?,27?,28?,29-,30+,32?,33?,34?,35+,36+,37-,38-/m1/s1. The SMILES string of the molecule is C[C@H]1C(O[C@@H]2CC[C@@]3(C)C(C2)C[C@@H](O)C2C3C[C@H](O)[C@@]3(C)C2CC[C@@H]3CCCC(=O)O)OC2O[C@]3(C)CCC4[C@H](C)CCC1[C@@]24OO3. The van der Waals surface area contributed by atoms with Gasteiger partial charge in [0, 0.05) is 24.7 Å². The Kier molecular flexibility index (Phi) is 8.23. The van der Waals surface area contributed by atoms with Crippen molar-refractivity contribution in [2.75, 3.05) is 0 Å². The first-order chi connectivity index (χ1) is 22.3. The maximum Gasteiger partial charge on any atom is 0.303 e.